The number of carbonyl (C=O) groups is 2. The zero-order chi connectivity index (χ0) is 12.3. The maximum absolute atomic E-state index is 10.8. The first-order valence-electron chi connectivity index (χ1n) is 4.06. The molecule has 16 heavy (non-hydrogen) atoms. The molecule has 0 aliphatic heterocycles. The SMILES string of the molecule is COc1cc(C=O)c([N+](=O)[O-])c(C(=O)O)c1. The number of nitro benzene ring substituents is 1. The van der Waals surface area contributed by atoms with E-state index in [9.17, 15) is 19.7 Å². The summed E-state index contributed by atoms with van der Waals surface area (Å²) in [4.78, 5) is 31.1. The summed E-state index contributed by atoms with van der Waals surface area (Å²) in [6, 6.07) is 2.10. The lowest BCUT2D eigenvalue weighted by Gasteiger charge is -2.04. The number of aldehydes is 1. The summed E-state index contributed by atoms with van der Waals surface area (Å²) < 4.78 is 4.74. The third-order valence-electron chi connectivity index (χ3n) is 1.89. The van der Waals surface area contributed by atoms with Crippen molar-refractivity contribution in [2.24, 2.45) is 0 Å². The van der Waals surface area contributed by atoms with Gasteiger partial charge in [0.1, 0.15) is 11.3 Å². The highest BCUT2D eigenvalue weighted by atomic mass is 16.6. The van der Waals surface area contributed by atoms with Gasteiger partial charge in [0.15, 0.2) is 6.29 Å². The number of methoxy groups -OCH3 is 1. The molecule has 0 heterocycles. The van der Waals surface area contributed by atoms with Crippen LogP contribution in [0.2, 0.25) is 0 Å². The largest absolute Gasteiger partial charge is 0.497 e. The van der Waals surface area contributed by atoms with Crippen molar-refractivity contribution >= 4 is 17.9 Å². The van der Waals surface area contributed by atoms with Crippen LogP contribution in [0.3, 0.4) is 0 Å². The Morgan fingerprint density at radius 2 is 2.19 bits per heavy atom. The van der Waals surface area contributed by atoms with Crippen molar-refractivity contribution in [3.63, 3.8) is 0 Å². The fraction of sp³-hybridized carbons (Fsp3) is 0.111. The van der Waals surface area contributed by atoms with Gasteiger partial charge in [0.2, 0.25) is 0 Å². The number of carboxylic acid groups (broad SMARTS) is 1. The first kappa shape index (κ1) is 11.6. The van der Waals surface area contributed by atoms with E-state index < -0.39 is 22.1 Å². The second kappa shape index (κ2) is 4.39. The van der Waals surface area contributed by atoms with E-state index in [1.165, 1.54) is 7.11 Å². The van der Waals surface area contributed by atoms with E-state index >= 15 is 0 Å². The number of nitrogens with zero attached hydrogens (tertiary/aromatic N) is 1. The highest BCUT2D eigenvalue weighted by Crippen LogP contribution is 2.28. The smallest absolute Gasteiger partial charge is 0.342 e. The van der Waals surface area contributed by atoms with E-state index in [0.29, 0.717) is 0 Å². The Labute approximate surface area is 89.4 Å². The summed E-state index contributed by atoms with van der Waals surface area (Å²) in [6.45, 7) is 0. The van der Waals surface area contributed by atoms with Crippen LogP contribution < -0.4 is 4.74 Å². The Morgan fingerprint density at radius 1 is 1.56 bits per heavy atom. The van der Waals surface area contributed by atoms with Crippen LogP contribution in [-0.2, 0) is 0 Å². The molecule has 1 aromatic carbocycles. The quantitative estimate of drug-likeness (QED) is 0.467. The summed E-state index contributed by atoms with van der Waals surface area (Å²) in [5, 5.41) is 19.4. The Hall–Kier alpha value is -2.44. The molecule has 0 bridgehead atoms. The molecular formula is C9H7NO6. The van der Waals surface area contributed by atoms with Crippen LogP contribution >= 0.6 is 0 Å². The van der Waals surface area contributed by atoms with Crippen LogP contribution in [0.4, 0.5) is 5.69 Å². The maximum Gasteiger partial charge on any atom is 0.342 e. The average molecular weight is 225 g/mol. The molecule has 0 spiro atoms. The minimum Gasteiger partial charge on any atom is -0.497 e. The summed E-state index contributed by atoms with van der Waals surface area (Å²) >= 11 is 0. The van der Waals surface area contributed by atoms with Gasteiger partial charge >= 0.3 is 5.97 Å². The molecule has 7 heteroatoms. The minimum absolute atomic E-state index is 0.0742. The van der Waals surface area contributed by atoms with Gasteiger partial charge in [-0.25, -0.2) is 4.79 Å². The minimum atomic E-state index is -1.49. The van der Waals surface area contributed by atoms with Crippen LogP contribution in [0.25, 0.3) is 0 Å². The second-order valence-corrected chi connectivity index (χ2v) is 2.79. The van der Waals surface area contributed by atoms with E-state index in [1.807, 2.05) is 0 Å². The van der Waals surface area contributed by atoms with Crippen molar-refractivity contribution in [3.8, 4) is 5.75 Å². The van der Waals surface area contributed by atoms with Crippen LogP contribution in [0.15, 0.2) is 12.1 Å². The number of rotatable bonds is 4. The Morgan fingerprint density at radius 3 is 2.56 bits per heavy atom. The first-order chi connectivity index (χ1) is 7.51. The number of hydrogen-bond donors (Lipinski definition) is 1. The van der Waals surface area contributed by atoms with Gasteiger partial charge in [0.25, 0.3) is 5.69 Å². The van der Waals surface area contributed by atoms with Crippen molar-refractivity contribution in [2.75, 3.05) is 7.11 Å². The molecule has 0 aliphatic rings. The first-order valence-corrected chi connectivity index (χ1v) is 4.06. The lowest BCUT2D eigenvalue weighted by molar-refractivity contribution is -0.385. The van der Waals surface area contributed by atoms with Gasteiger partial charge in [-0.3, -0.25) is 14.9 Å². The van der Waals surface area contributed by atoms with Crippen molar-refractivity contribution < 1.29 is 24.4 Å². The molecule has 0 amide bonds. The zero-order valence-corrected chi connectivity index (χ0v) is 8.17. The standard InChI is InChI=1S/C9H7NO6/c1-16-6-2-5(4-11)8(10(14)15)7(3-6)9(12)13/h2-4H,1H3,(H,12,13). The molecule has 0 aromatic heterocycles. The molecule has 0 unspecified atom stereocenters. The van der Waals surface area contributed by atoms with E-state index in [4.69, 9.17) is 9.84 Å². The maximum atomic E-state index is 10.8. The average Bonchev–Trinajstić information content (AvgIpc) is 2.26. The highest BCUT2D eigenvalue weighted by molar-refractivity contribution is 5.98. The number of benzene rings is 1. The predicted octanol–water partition coefficient (Wildman–Crippen LogP) is 1.11. The fourth-order valence-corrected chi connectivity index (χ4v) is 1.20. The number of aromatic carboxylic acids is 1. The van der Waals surface area contributed by atoms with Gasteiger partial charge < -0.3 is 9.84 Å². The molecule has 0 atom stereocenters. The van der Waals surface area contributed by atoms with Gasteiger partial charge in [0.05, 0.1) is 17.6 Å². The summed E-state index contributed by atoms with van der Waals surface area (Å²) in [6.07, 6.45) is 0.215. The monoisotopic (exact) mass is 225 g/mol. The van der Waals surface area contributed by atoms with Crippen molar-refractivity contribution in [3.05, 3.63) is 33.4 Å². The van der Waals surface area contributed by atoms with Gasteiger partial charge in [0, 0.05) is 6.07 Å². The molecule has 0 aliphatic carbocycles. The molecule has 0 saturated carbocycles. The summed E-state index contributed by atoms with van der Waals surface area (Å²) in [5.41, 5.74) is -1.64. The van der Waals surface area contributed by atoms with Crippen molar-refractivity contribution in [1.29, 1.82) is 0 Å². The van der Waals surface area contributed by atoms with Crippen LogP contribution in [0.5, 0.6) is 5.75 Å². The van der Waals surface area contributed by atoms with E-state index in [-0.39, 0.29) is 17.6 Å². The lowest BCUT2D eigenvalue weighted by atomic mass is 10.1. The third kappa shape index (κ3) is 1.97. The van der Waals surface area contributed by atoms with Gasteiger partial charge in [-0.05, 0) is 6.07 Å². The molecule has 7 nitrogen and oxygen atoms in total. The molecule has 0 fully saturated rings. The molecule has 1 N–H and O–H groups in total. The topological polar surface area (TPSA) is 107 Å². The normalized spacial score (nSPS) is 9.56. The van der Waals surface area contributed by atoms with Gasteiger partial charge in [-0.15, -0.1) is 0 Å². The molecule has 84 valence electrons. The number of ether oxygens (including phenoxy) is 1. The van der Waals surface area contributed by atoms with E-state index in [1.54, 1.807) is 0 Å². The Balaban J connectivity index is 3.60. The number of carboxylic acids is 1. The van der Waals surface area contributed by atoms with Crippen LogP contribution in [0.1, 0.15) is 20.7 Å². The third-order valence-corrected chi connectivity index (χ3v) is 1.89. The zero-order valence-electron chi connectivity index (χ0n) is 8.17. The summed E-state index contributed by atoms with van der Waals surface area (Å²) in [7, 11) is 1.27. The summed E-state index contributed by atoms with van der Waals surface area (Å²) in [5.74, 6) is -1.42. The van der Waals surface area contributed by atoms with Crippen LogP contribution in [-0.4, -0.2) is 29.4 Å². The molecule has 0 radical (unpaired) electrons. The molecular weight excluding hydrogens is 218 g/mol. The fourth-order valence-electron chi connectivity index (χ4n) is 1.20. The van der Waals surface area contributed by atoms with Crippen LogP contribution in [0, 0.1) is 10.1 Å². The van der Waals surface area contributed by atoms with Gasteiger partial charge in [-0.2, -0.15) is 0 Å². The molecule has 1 rings (SSSR count). The predicted molar refractivity (Wildman–Crippen MR) is 52.0 cm³/mol. The Bertz CT molecular complexity index is 467. The Kier molecular flexibility index (Phi) is 3.19. The highest BCUT2D eigenvalue weighted by Gasteiger charge is 2.25. The second-order valence-electron chi connectivity index (χ2n) is 2.79. The van der Waals surface area contributed by atoms with Crippen molar-refractivity contribution in [1.82, 2.24) is 0 Å². The van der Waals surface area contributed by atoms with E-state index in [0.717, 1.165) is 12.1 Å². The van der Waals surface area contributed by atoms with E-state index in [2.05, 4.69) is 0 Å². The number of carbonyl (C=O) groups excluding carboxylic acids is 1. The number of hydrogen-bond acceptors (Lipinski definition) is 5. The molecule has 1 aromatic rings. The number of nitro groups is 1. The molecule has 0 saturated heterocycles. The van der Waals surface area contributed by atoms with Gasteiger partial charge in [-0.1, -0.05) is 0 Å². The lowest BCUT2D eigenvalue weighted by Crippen LogP contribution is -2.06. The van der Waals surface area contributed by atoms with Crippen molar-refractivity contribution in [2.45, 2.75) is 0 Å².